The van der Waals surface area contributed by atoms with Crippen molar-refractivity contribution in [3.63, 3.8) is 0 Å². The van der Waals surface area contributed by atoms with Gasteiger partial charge in [0.1, 0.15) is 11.4 Å². The average molecular weight is 258 g/mol. The Kier molecular flexibility index (Phi) is 4.36. The minimum Gasteiger partial charge on any atom is -0.506 e. The number of anilines is 1. The molecule has 0 spiro atoms. The van der Waals surface area contributed by atoms with E-state index in [4.69, 9.17) is 4.74 Å². The summed E-state index contributed by atoms with van der Waals surface area (Å²) < 4.78 is 5.16. The molecule has 4 heteroatoms. The number of ether oxygens (including phenoxy) is 1. The molecular weight excluding hydrogens is 240 g/mol. The van der Waals surface area contributed by atoms with Crippen molar-refractivity contribution in [2.75, 3.05) is 12.4 Å². The van der Waals surface area contributed by atoms with Gasteiger partial charge in [-0.05, 0) is 25.1 Å². The fraction of sp³-hybridized carbons (Fsp3) is 0.267. The monoisotopic (exact) mass is 258 g/mol. The van der Waals surface area contributed by atoms with E-state index in [2.05, 4.69) is 10.3 Å². The lowest BCUT2D eigenvalue weighted by Crippen LogP contribution is -2.05. The molecular formula is C15H18N2O2. The number of aryl methyl sites for hydroxylation is 1. The lowest BCUT2D eigenvalue weighted by Gasteiger charge is -2.12. The normalized spacial score (nSPS) is 10.4. The van der Waals surface area contributed by atoms with Gasteiger partial charge in [0.15, 0.2) is 0 Å². The molecule has 1 aromatic heterocycles. The number of rotatable bonds is 5. The maximum absolute atomic E-state index is 9.76. The Bertz CT molecular complexity index is 556. The zero-order valence-electron chi connectivity index (χ0n) is 11.2. The largest absolute Gasteiger partial charge is 0.506 e. The van der Waals surface area contributed by atoms with Crippen LogP contribution in [0.5, 0.6) is 5.75 Å². The van der Waals surface area contributed by atoms with E-state index in [9.17, 15) is 5.11 Å². The van der Waals surface area contributed by atoms with Crippen LogP contribution in [0.4, 0.5) is 5.69 Å². The standard InChI is InChI=1S/C15H18N2O2/c1-11-7-8-15(18)14(17-11)9-16-13-6-4-3-5-12(13)10-19-2/h3-8,16,18H,9-10H2,1-2H3. The number of hydrogen-bond donors (Lipinski definition) is 2. The maximum Gasteiger partial charge on any atom is 0.138 e. The second-order valence-corrected chi connectivity index (χ2v) is 4.36. The van der Waals surface area contributed by atoms with E-state index >= 15 is 0 Å². The first-order valence-electron chi connectivity index (χ1n) is 6.17. The van der Waals surface area contributed by atoms with Gasteiger partial charge in [0.2, 0.25) is 0 Å². The van der Waals surface area contributed by atoms with Crippen LogP contribution in [0.15, 0.2) is 36.4 Å². The van der Waals surface area contributed by atoms with Crippen LogP contribution in [0.25, 0.3) is 0 Å². The lowest BCUT2D eigenvalue weighted by molar-refractivity contribution is 0.185. The quantitative estimate of drug-likeness (QED) is 0.866. The van der Waals surface area contributed by atoms with E-state index in [1.807, 2.05) is 31.2 Å². The summed E-state index contributed by atoms with van der Waals surface area (Å²) >= 11 is 0. The molecule has 1 heterocycles. The van der Waals surface area contributed by atoms with Crippen LogP contribution in [0.1, 0.15) is 17.0 Å². The number of benzene rings is 1. The summed E-state index contributed by atoms with van der Waals surface area (Å²) in [6, 6.07) is 11.4. The molecule has 1 aromatic carbocycles. The Hall–Kier alpha value is -2.07. The van der Waals surface area contributed by atoms with Crippen molar-refractivity contribution in [2.45, 2.75) is 20.1 Å². The van der Waals surface area contributed by atoms with E-state index in [1.54, 1.807) is 19.2 Å². The molecule has 0 amide bonds. The van der Waals surface area contributed by atoms with Gasteiger partial charge in [0, 0.05) is 24.1 Å². The molecule has 100 valence electrons. The highest BCUT2D eigenvalue weighted by Crippen LogP contribution is 2.19. The van der Waals surface area contributed by atoms with Gasteiger partial charge in [-0.2, -0.15) is 0 Å². The number of aromatic hydroxyl groups is 1. The molecule has 2 aromatic rings. The third kappa shape index (κ3) is 3.45. The SMILES string of the molecule is COCc1ccccc1NCc1nc(C)ccc1O. The van der Waals surface area contributed by atoms with Crippen LogP contribution in [-0.4, -0.2) is 17.2 Å². The van der Waals surface area contributed by atoms with Crippen molar-refractivity contribution >= 4 is 5.69 Å². The maximum atomic E-state index is 9.76. The summed E-state index contributed by atoms with van der Waals surface area (Å²) in [6.45, 7) is 2.94. The first-order valence-corrected chi connectivity index (χ1v) is 6.17. The molecule has 0 unspecified atom stereocenters. The molecule has 0 aliphatic rings. The fourth-order valence-electron chi connectivity index (χ4n) is 1.89. The molecule has 0 fully saturated rings. The molecule has 0 radical (unpaired) electrons. The second kappa shape index (κ2) is 6.20. The fourth-order valence-corrected chi connectivity index (χ4v) is 1.89. The first-order chi connectivity index (χ1) is 9.20. The topological polar surface area (TPSA) is 54.4 Å². The number of methoxy groups -OCH3 is 1. The number of aromatic nitrogens is 1. The van der Waals surface area contributed by atoms with Gasteiger partial charge in [-0.15, -0.1) is 0 Å². The zero-order valence-corrected chi connectivity index (χ0v) is 11.2. The lowest BCUT2D eigenvalue weighted by atomic mass is 10.2. The third-order valence-electron chi connectivity index (χ3n) is 2.85. The van der Waals surface area contributed by atoms with Crippen LogP contribution < -0.4 is 5.32 Å². The third-order valence-corrected chi connectivity index (χ3v) is 2.85. The molecule has 0 saturated heterocycles. The predicted octanol–water partition coefficient (Wildman–Crippen LogP) is 2.85. The van der Waals surface area contributed by atoms with E-state index in [0.717, 1.165) is 16.9 Å². The van der Waals surface area contributed by atoms with Gasteiger partial charge < -0.3 is 15.2 Å². The molecule has 2 N–H and O–H groups in total. The van der Waals surface area contributed by atoms with E-state index < -0.39 is 0 Å². The van der Waals surface area contributed by atoms with Crippen molar-refractivity contribution in [1.29, 1.82) is 0 Å². The van der Waals surface area contributed by atoms with Gasteiger partial charge in [0.05, 0.1) is 13.2 Å². The molecule has 0 aliphatic heterocycles. The predicted molar refractivity (Wildman–Crippen MR) is 75.1 cm³/mol. The van der Waals surface area contributed by atoms with Crippen molar-refractivity contribution in [3.8, 4) is 5.75 Å². The van der Waals surface area contributed by atoms with Crippen molar-refractivity contribution in [3.05, 3.63) is 53.3 Å². The van der Waals surface area contributed by atoms with Crippen LogP contribution in [0.2, 0.25) is 0 Å². The van der Waals surface area contributed by atoms with Crippen LogP contribution in [0, 0.1) is 6.92 Å². The summed E-state index contributed by atoms with van der Waals surface area (Å²) in [6.07, 6.45) is 0. The molecule has 19 heavy (non-hydrogen) atoms. The summed E-state index contributed by atoms with van der Waals surface area (Å²) in [5.74, 6) is 0.210. The Morgan fingerprint density at radius 1 is 1.21 bits per heavy atom. The number of pyridine rings is 1. The van der Waals surface area contributed by atoms with Crippen molar-refractivity contribution in [2.24, 2.45) is 0 Å². The zero-order chi connectivity index (χ0) is 13.7. The number of nitrogens with zero attached hydrogens (tertiary/aromatic N) is 1. The van der Waals surface area contributed by atoms with Gasteiger partial charge in [-0.25, -0.2) is 0 Å². The van der Waals surface area contributed by atoms with E-state index in [-0.39, 0.29) is 5.75 Å². The summed E-state index contributed by atoms with van der Waals surface area (Å²) in [5, 5.41) is 13.0. The van der Waals surface area contributed by atoms with Crippen molar-refractivity contribution in [1.82, 2.24) is 4.98 Å². The highest BCUT2D eigenvalue weighted by atomic mass is 16.5. The molecule has 4 nitrogen and oxygen atoms in total. The highest BCUT2D eigenvalue weighted by Gasteiger charge is 2.05. The van der Waals surface area contributed by atoms with Gasteiger partial charge in [-0.3, -0.25) is 4.98 Å². The molecule has 0 bridgehead atoms. The van der Waals surface area contributed by atoms with Crippen LogP contribution in [-0.2, 0) is 17.9 Å². The number of nitrogens with one attached hydrogen (secondary N) is 1. The van der Waals surface area contributed by atoms with Crippen LogP contribution >= 0.6 is 0 Å². The van der Waals surface area contributed by atoms with E-state index in [1.165, 1.54) is 0 Å². The minimum atomic E-state index is 0.210. The summed E-state index contributed by atoms with van der Waals surface area (Å²) in [4.78, 5) is 4.32. The Morgan fingerprint density at radius 2 is 2.00 bits per heavy atom. The summed E-state index contributed by atoms with van der Waals surface area (Å²) in [5.41, 5.74) is 3.61. The average Bonchev–Trinajstić information content (AvgIpc) is 2.42. The second-order valence-electron chi connectivity index (χ2n) is 4.36. The number of hydrogen-bond acceptors (Lipinski definition) is 4. The van der Waals surface area contributed by atoms with Gasteiger partial charge >= 0.3 is 0 Å². The Morgan fingerprint density at radius 3 is 2.79 bits per heavy atom. The molecule has 0 aliphatic carbocycles. The number of para-hydroxylation sites is 1. The molecule has 0 atom stereocenters. The summed E-state index contributed by atoms with van der Waals surface area (Å²) in [7, 11) is 1.67. The van der Waals surface area contributed by atoms with E-state index in [0.29, 0.717) is 18.8 Å². The minimum absolute atomic E-state index is 0.210. The van der Waals surface area contributed by atoms with Crippen LogP contribution in [0.3, 0.4) is 0 Å². The highest BCUT2D eigenvalue weighted by molar-refractivity contribution is 5.51. The first kappa shape index (κ1) is 13.4. The molecule has 0 saturated carbocycles. The smallest absolute Gasteiger partial charge is 0.138 e. The van der Waals surface area contributed by atoms with Crippen molar-refractivity contribution < 1.29 is 9.84 Å². The van der Waals surface area contributed by atoms with Gasteiger partial charge in [0.25, 0.3) is 0 Å². The Labute approximate surface area is 113 Å². The van der Waals surface area contributed by atoms with Gasteiger partial charge in [-0.1, -0.05) is 18.2 Å². The molecule has 2 rings (SSSR count). The Balaban J connectivity index is 2.12.